The van der Waals surface area contributed by atoms with Crippen LogP contribution in [0.1, 0.15) is 31.8 Å². The average Bonchev–Trinajstić information content (AvgIpc) is 3.08. The van der Waals surface area contributed by atoms with Gasteiger partial charge in [-0.15, -0.1) is 0 Å². The number of hydrogen-bond donors (Lipinski definition) is 0. The summed E-state index contributed by atoms with van der Waals surface area (Å²) in [7, 11) is 3.22. The monoisotopic (exact) mass is 834 g/mol. The molecule has 0 radical (unpaired) electrons. The molecule has 0 bridgehead atoms. The van der Waals surface area contributed by atoms with Gasteiger partial charge in [0.2, 0.25) is 0 Å². The van der Waals surface area contributed by atoms with Crippen LogP contribution >= 0.6 is 45.2 Å². The maximum absolute atomic E-state index is 13.0. The summed E-state index contributed by atoms with van der Waals surface area (Å²) in [6, 6.07) is 34.4. The van der Waals surface area contributed by atoms with E-state index in [-0.39, 0.29) is 13.2 Å². The van der Waals surface area contributed by atoms with Crippen molar-refractivity contribution < 1.29 is 28.5 Å². The number of carbonyl (C=O) groups is 2. The highest BCUT2D eigenvalue weighted by Gasteiger charge is 2.25. The van der Waals surface area contributed by atoms with Crippen LogP contribution < -0.4 is 9.47 Å². The lowest BCUT2D eigenvalue weighted by molar-refractivity contribution is 0.0461. The predicted molar refractivity (Wildman–Crippen MR) is 197 cm³/mol. The summed E-state index contributed by atoms with van der Waals surface area (Å²) in [6.07, 6.45) is 0. The number of ether oxygens (including phenoxy) is 4. The molecule has 0 aliphatic heterocycles. The van der Waals surface area contributed by atoms with Crippen molar-refractivity contribution in [3.63, 3.8) is 0 Å². The van der Waals surface area contributed by atoms with Gasteiger partial charge >= 0.3 is 11.9 Å². The number of methoxy groups -OCH3 is 2. The first-order valence-corrected chi connectivity index (χ1v) is 16.6. The number of hydrogen-bond acceptors (Lipinski definition) is 6. The Balaban J connectivity index is 1.48. The lowest BCUT2D eigenvalue weighted by atomic mass is 9.89. The summed E-state index contributed by atoms with van der Waals surface area (Å²) in [4.78, 5) is 26.0. The number of rotatable bonds is 9. The second kappa shape index (κ2) is 14.1. The third-order valence-electron chi connectivity index (χ3n) is 7.69. The Morgan fingerprint density at radius 2 is 0.913 bits per heavy atom. The minimum absolute atomic E-state index is 0.000604. The minimum atomic E-state index is -0.423. The fraction of sp³-hybridized carbons (Fsp3) is 0.105. The van der Waals surface area contributed by atoms with Crippen LogP contribution in [-0.4, -0.2) is 26.2 Å². The van der Waals surface area contributed by atoms with Crippen molar-refractivity contribution in [3.8, 4) is 22.6 Å². The van der Waals surface area contributed by atoms with E-state index in [1.165, 1.54) is 0 Å². The van der Waals surface area contributed by atoms with Crippen LogP contribution in [0.5, 0.6) is 11.5 Å². The first-order chi connectivity index (χ1) is 22.4. The van der Waals surface area contributed by atoms with Gasteiger partial charge in [-0.2, -0.15) is 0 Å². The molecule has 46 heavy (non-hydrogen) atoms. The fourth-order valence-electron chi connectivity index (χ4n) is 5.58. The first-order valence-electron chi connectivity index (χ1n) is 14.4. The third-order valence-corrected chi connectivity index (χ3v) is 9.13. The Labute approximate surface area is 293 Å². The molecule has 0 aromatic heterocycles. The van der Waals surface area contributed by atoms with Crippen molar-refractivity contribution in [2.24, 2.45) is 0 Å². The molecule has 8 heteroatoms. The number of fused-ring (bicyclic) bond motifs is 2. The summed E-state index contributed by atoms with van der Waals surface area (Å²) >= 11 is 4.40. The fourth-order valence-corrected chi connectivity index (χ4v) is 6.29. The van der Waals surface area contributed by atoms with E-state index in [0.29, 0.717) is 33.8 Å². The topological polar surface area (TPSA) is 71.1 Å². The van der Waals surface area contributed by atoms with Crippen LogP contribution in [0, 0.1) is 7.14 Å². The highest BCUT2D eigenvalue weighted by Crippen LogP contribution is 2.48. The molecule has 6 aromatic carbocycles. The SMILES string of the molecule is COc1c(COC(=O)c2ccc(I)cc2)cc2ccccc2c1-c1c(OC)c(COC(=O)c2ccc(I)cc2)cc2ccccc12. The maximum Gasteiger partial charge on any atom is 0.338 e. The van der Waals surface area contributed by atoms with Crippen LogP contribution in [0.15, 0.2) is 109 Å². The second-order valence-electron chi connectivity index (χ2n) is 10.5. The molecule has 0 N–H and O–H groups in total. The van der Waals surface area contributed by atoms with Crippen molar-refractivity contribution in [2.45, 2.75) is 13.2 Å². The highest BCUT2D eigenvalue weighted by molar-refractivity contribution is 14.1. The summed E-state index contributed by atoms with van der Waals surface area (Å²) in [5.74, 6) is 0.275. The van der Waals surface area contributed by atoms with Crippen molar-refractivity contribution >= 4 is 78.7 Å². The standard InChI is InChI=1S/C38H28I2O6/c1-43-35-27(21-45-37(41)23-11-15-29(39)16-12-23)19-25-7-3-5-9-31(25)33(35)34-32-10-6-4-8-26(32)20-28(36(34)44-2)22-46-38(42)24-13-17-30(40)18-14-24/h3-20H,21-22H2,1-2H3. The molecule has 0 spiro atoms. The lowest BCUT2D eigenvalue weighted by Gasteiger charge is -2.22. The summed E-state index contributed by atoms with van der Waals surface area (Å²) < 4.78 is 25.9. The van der Waals surface area contributed by atoms with E-state index < -0.39 is 11.9 Å². The minimum Gasteiger partial charge on any atom is -0.496 e. The molecule has 6 nitrogen and oxygen atoms in total. The smallest absolute Gasteiger partial charge is 0.338 e. The molecular formula is C38H28I2O6. The number of benzene rings is 6. The van der Waals surface area contributed by atoms with Gasteiger partial charge in [0, 0.05) is 29.4 Å². The molecule has 0 amide bonds. The van der Waals surface area contributed by atoms with Gasteiger partial charge in [-0.05, 0) is 127 Å². The number of esters is 2. The zero-order valence-corrected chi connectivity index (χ0v) is 29.3. The van der Waals surface area contributed by atoms with E-state index in [0.717, 1.165) is 39.8 Å². The van der Waals surface area contributed by atoms with E-state index in [2.05, 4.69) is 45.2 Å². The molecule has 230 valence electrons. The van der Waals surface area contributed by atoms with E-state index in [1.54, 1.807) is 38.5 Å². The van der Waals surface area contributed by atoms with Crippen LogP contribution in [0.25, 0.3) is 32.7 Å². The summed E-state index contributed by atoms with van der Waals surface area (Å²) in [6.45, 7) is -0.00121. The molecule has 6 rings (SSSR count). The zero-order valence-electron chi connectivity index (χ0n) is 25.0. The van der Waals surface area contributed by atoms with Gasteiger partial charge in [0.1, 0.15) is 24.7 Å². The van der Waals surface area contributed by atoms with Crippen LogP contribution in [0.4, 0.5) is 0 Å². The van der Waals surface area contributed by atoms with Gasteiger partial charge in [0.15, 0.2) is 0 Å². The van der Waals surface area contributed by atoms with E-state index >= 15 is 0 Å². The molecule has 0 unspecified atom stereocenters. The van der Waals surface area contributed by atoms with Crippen LogP contribution in [0.2, 0.25) is 0 Å². The summed E-state index contributed by atoms with van der Waals surface area (Å²) in [5, 5.41) is 3.76. The molecule has 0 heterocycles. The number of carbonyl (C=O) groups excluding carboxylic acids is 2. The Morgan fingerprint density at radius 1 is 0.543 bits per heavy atom. The molecule has 6 aromatic rings. The molecule has 0 aliphatic rings. The normalized spacial score (nSPS) is 11.0. The molecule has 0 aliphatic carbocycles. The second-order valence-corrected chi connectivity index (χ2v) is 13.0. The first kappa shape index (κ1) is 31.8. The van der Waals surface area contributed by atoms with Gasteiger partial charge in [-0.1, -0.05) is 48.5 Å². The molecular weight excluding hydrogens is 806 g/mol. The average molecular weight is 834 g/mol. The van der Waals surface area contributed by atoms with Gasteiger partial charge < -0.3 is 18.9 Å². The lowest BCUT2D eigenvalue weighted by Crippen LogP contribution is -2.08. The van der Waals surface area contributed by atoms with Gasteiger partial charge in [0.05, 0.1) is 25.3 Å². The van der Waals surface area contributed by atoms with Gasteiger partial charge in [-0.25, -0.2) is 9.59 Å². The van der Waals surface area contributed by atoms with Gasteiger partial charge in [0.25, 0.3) is 0 Å². The highest BCUT2D eigenvalue weighted by atomic mass is 127. The zero-order chi connectivity index (χ0) is 32.2. The van der Waals surface area contributed by atoms with E-state index in [9.17, 15) is 9.59 Å². The summed E-state index contributed by atoms with van der Waals surface area (Å²) in [5.41, 5.74) is 3.94. The van der Waals surface area contributed by atoms with Crippen molar-refractivity contribution in [3.05, 3.63) is 139 Å². The van der Waals surface area contributed by atoms with Crippen molar-refractivity contribution in [1.29, 1.82) is 0 Å². The quantitative estimate of drug-likeness (QED) is 0.107. The predicted octanol–water partition coefficient (Wildman–Crippen LogP) is 9.60. The largest absolute Gasteiger partial charge is 0.496 e. The van der Waals surface area contributed by atoms with Gasteiger partial charge in [-0.3, -0.25) is 0 Å². The Kier molecular flexibility index (Phi) is 9.74. The van der Waals surface area contributed by atoms with Crippen LogP contribution in [-0.2, 0) is 22.7 Å². The van der Waals surface area contributed by atoms with Crippen molar-refractivity contribution in [1.82, 2.24) is 0 Å². The molecule has 0 saturated carbocycles. The van der Waals surface area contributed by atoms with E-state index in [1.807, 2.05) is 84.9 Å². The Hall–Kier alpha value is -4.16. The molecule has 0 fully saturated rings. The van der Waals surface area contributed by atoms with Crippen molar-refractivity contribution in [2.75, 3.05) is 14.2 Å². The molecule has 0 atom stereocenters. The Morgan fingerprint density at radius 3 is 1.28 bits per heavy atom. The van der Waals surface area contributed by atoms with E-state index in [4.69, 9.17) is 18.9 Å². The number of halogens is 2. The third kappa shape index (κ3) is 6.54. The molecule has 0 saturated heterocycles. The maximum atomic E-state index is 13.0. The van der Waals surface area contributed by atoms with Crippen LogP contribution in [0.3, 0.4) is 0 Å². The Bertz CT molecular complexity index is 1920.